The van der Waals surface area contributed by atoms with Crippen molar-refractivity contribution in [1.29, 1.82) is 0 Å². The maximum absolute atomic E-state index is 11.4. The molecule has 0 spiro atoms. The molecule has 0 bridgehead atoms. The molecule has 1 heterocycles. The van der Waals surface area contributed by atoms with Gasteiger partial charge in [-0.1, -0.05) is 31.9 Å². The Morgan fingerprint density at radius 3 is 2.76 bits per heavy atom. The van der Waals surface area contributed by atoms with Gasteiger partial charge in [0.05, 0.1) is 12.7 Å². The first-order chi connectivity index (χ1) is 12.1. The third kappa shape index (κ3) is 5.46. The van der Waals surface area contributed by atoms with Crippen LogP contribution in [0.1, 0.15) is 57.9 Å². The Kier molecular flexibility index (Phi) is 6.35. The van der Waals surface area contributed by atoms with Crippen LogP contribution in [-0.4, -0.2) is 36.0 Å². The van der Waals surface area contributed by atoms with Gasteiger partial charge in [0.1, 0.15) is 0 Å². The van der Waals surface area contributed by atoms with E-state index in [0.29, 0.717) is 18.8 Å². The number of hydrogen-bond acceptors (Lipinski definition) is 3. The number of hydrogen-bond donors (Lipinski definition) is 1. The molecule has 1 amide bonds. The molecule has 0 aromatic heterocycles. The first-order valence-electron chi connectivity index (χ1n) is 9.82. The van der Waals surface area contributed by atoms with E-state index in [0.717, 1.165) is 31.8 Å². The van der Waals surface area contributed by atoms with Gasteiger partial charge in [0.25, 0.3) is 0 Å². The van der Waals surface area contributed by atoms with Crippen molar-refractivity contribution in [3.05, 3.63) is 29.8 Å². The van der Waals surface area contributed by atoms with Gasteiger partial charge in [0, 0.05) is 31.7 Å². The van der Waals surface area contributed by atoms with Crippen LogP contribution in [0, 0.1) is 5.92 Å². The monoisotopic (exact) mass is 344 g/mol. The van der Waals surface area contributed by atoms with Crippen LogP contribution in [0.15, 0.2) is 24.3 Å². The second-order valence-electron chi connectivity index (χ2n) is 7.83. The molecule has 1 aliphatic carbocycles. The zero-order valence-corrected chi connectivity index (χ0v) is 15.7. The molecule has 2 fully saturated rings. The highest BCUT2D eigenvalue weighted by molar-refractivity contribution is 5.73. The Labute approximate surface area is 151 Å². The highest BCUT2D eigenvalue weighted by atomic mass is 16.5. The van der Waals surface area contributed by atoms with E-state index in [1.807, 2.05) is 4.90 Å². The lowest BCUT2D eigenvalue weighted by Crippen LogP contribution is -2.41. The molecule has 1 saturated carbocycles. The zero-order chi connectivity index (χ0) is 17.6. The normalized spacial score (nSPS) is 25.0. The minimum absolute atomic E-state index is 0.189. The van der Waals surface area contributed by atoms with E-state index in [2.05, 4.69) is 36.5 Å². The van der Waals surface area contributed by atoms with Crippen molar-refractivity contribution in [2.45, 2.75) is 71.1 Å². The van der Waals surface area contributed by atoms with Crippen LogP contribution in [0.3, 0.4) is 0 Å². The van der Waals surface area contributed by atoms with E-state index in [9.17, 15) is 4.79 Å². The zero-order valence-electron chi connectivity index (χ0n) is 15.7. The number of carbonyl (C=O) groups is 1. The van der Waals surface area contributed by atoms with Gasteiger partial charge in [-0.2, -0.15) is 0 Å². The topological polar surface area (TPSA) is 41.6 Å². The summed E-state index contributed by atoms with van der Waals surface area (Å²) in [5.41, 5.74) is 2.41. The summed E-state index contributed by atoms with van der Waals surface area (Å²) < 4.78 is 6.15. The Balaban J connectivity index is 1.47. The molecule has 138 valence electrons. The summed E-state index contributed by atoms with van der Waals surface area (Å²) in [6, 6.07) is 9.05. The summed E-state index contributed by atoms with van der Waals surface area (Å²) in [6.45, 7) is 6.41. The molecule has 2 aliphatic rings. The molecule has 2 atom stereocenters. The summed E-state index contributed by atoms with van der Waals surface area (Å²) in [6.07, 6.45) is 7.51. The molecule has 3 rings (SSSR count). The van der Waals surface area contributed by atoms with Crippen molar-refractivity contribution in [2.24, 2.45) is 5.92 Å². The molecule has 4 heteroatoms. The largest absolute Gasteiger partial charge is 0.382 e. The molecular weight excluding hydrogens is 312 g/mol. The van der Waals surface area contributed by atoms with Crippen molar-refractivity contribution in [3.8, 4) is 0 Å². The number of likely N-dealkylation sites (tertiary alicyclic amines) is 1. The van der Waals surface area contributed by atoms with Crippen LogP contribution in [0.5, 0.6) is 0 Å². The number of nitrogens with zero attached hydrogens (tertiary/aromatic N) is 1. The Morgan fingerprint density at radius 2 is 2.04 bits per heavy atom. The fraction of sp³-hybridized carbons (Fsp3) is 0.667. The predicted molar refractivity (Wildman–Crippen MR) is 102 cm³/mol. The van der Waals surface area contributed by atoms with Gasteiger partial charge in [-0.15, -0.1) is 0 Å². The Morgan fingerprint density at radius 1 is 1.24 bits per heavy atom. The lowest BCUT2D eigenvalue weighted by Gasteiger charge is -2.32. The quantitative estimate of drug-likeness (QED) is 0.870. The predicted octanol–water partition coefficient (Wildman–Crippen LogP) is 4.20. The molecule has 1 N–H and O–H groups in total. The highest BCUT2D eigenvalue weighted by Gasteiger charge is 2.21. The second kappa shape index (κ2) is 8.70. The number of ether oxygens (including phenoxy) is 1. The van der Waals surface area contributed by atoms with Crippen LogP contribution >= 0.6 is 0 Å². The fourth-order valence-electron chi connectivity index (χ4n) is 4.07. The van der Waals surface area contributed by atoms with E-state index in [1.54, 1.807) is 6.92 Å². The average Bonchev–Trinajstić information content (AvgIpc) is 2.61. The van der Waals surface area contributed by atoms with Crippen molar-refractivity contribution in [3.63, 3.8) is 0 Å². The summed E-state index contributed by atoms with van der Waals surface area (Å²) in [7, 11) is 0. The van der Waals surface area contributed by atoms with E-state index < -0.39 is 0 Å². The van der Waals surface area contributed by atoms with Gasteiger partial charge < -0.3 is 15.0 Å². The number of amides is 1. The van der Waals surface area contributed by atoms with Crippen LogP contribution < -0.4 is 5.32 Å². The van der Waals surface area contributed by atoms with Gasteiger partial charge >= 0.3 is 0 Å². The number of rotatable bonds is 5. The van der Waals surface area contributed by atoms with Crippen LogP contribution in [0.4, 0.5) is 5.69 Å². The third-order valence-electron chi connectivity index (χ3n) is 5.61. The first kappa shape index (κ1) is 18.2. The van der Waals surface area contributed by atoms with Gasteiger partial charge in [-0.25, -0.2) is 0 Å². The summed E-state index contributed by atoms with van der Waals surface area (Å²) in [5.74, 6) is 0.988. The highest BCUT2D eigenvalue weighted by Crippen LogP contribution is 2.26. The van der Waals surface area contributed by atoms with Crippen molar-refractivity contribution < 1.29 is 9.53 Å². The van der Waals surface area contributed by atoms with Crippen LogP contribution in [-0.2, 0) is 16.1 Å². The van der Waals surface area contributed by atoms with Crippen LogP contribution in [0.25, 0.3) is 0 Å². The maximum atomic E-state index is 11.4. The molecule has 0 radical (unpaired) electrons. The summed E-state index contributed by atoms with van der Waals surface area (Å²) >= 11 is 0. The summed E-state index contributed by atoms with van der Waals surface area (Å²) in [4.78, 5) is 13.4. The van der Waals surface area contributed by atoms with Crippen molar-refractivity contribution in [2.75, 3.05) is 18.4 Å². The average molecular weight is 344 g/mol. The van der Waals surface area contributed by atoms with Gasteiger partial charge in [0.15, 0.2) is 0 Å². The van der Waals surface area contributed by atoms with E-state index >= 15 is 0 Å². The number of nitrogens with one attached hydrogen (secondary N) is 1. The second-order valence-corrected chi connectivity index (χ2v) is 7.83. The van der Waals surface area contributed by atoms with E-state index in [1.165, 1.54) is 36.9 Å². The minimum Gasteiger partial charge on any atom is -0.382 e. The molecule has 1 aromatic rings. The van der Waals surface area contributed by atoms with Gasteiger partial charge in [-0.3, -0.25) is 4.79 Å². The van der Waals surface area contributed by atoms with Gasteiger partial charge in [-0.05, 0) is 49.3 Å². The van der Waals surface area contributed by atoms with Crippen molar-refractivity contribution >= 4 is 11.6 Å². The molecule has 0 unspecified atom stereocenters. The number of anilines is 1. The summed E-state index contributed by atoms with van der Waals surface area (Å²) in [5, 5.41) is 3.63. The van der Waals surface area contributed by atoms with Gasteiger partial charge in [0.2, 0.25) is 5.91 Å². The number of benzene rings is 1. The fourth-order valence-corrected chi connectivity index (χ4v) is 4.07. The Bertz CT molecular complexity index is 567. The maximum Gasteiger partial charge on any atom is 0.219 e. The molecular formula is C21H32N2O2. The SMILES string of the molecule is CC(=O)N1CCC(Nc2cccc(CO[C@H]3CCC[C@H](C)C3)c2)CC1. The molecule has 1 aromatic carbocycles. The molecule has 25 heavy (non-hydrogen) atoms. The van der Waals surface area contributed by atoms with E-state index in [4.69, 9.17) is 4.74 Å². The first-order valence-corrected chi connectivity index (χ1v) is 9.82. The lowest BCUT2D eigenvalue weighted by molar-refractivity contribution is -0.129. The third-order valence-corrected chi connectivity index (χ3v) is 5.61. The standard InChI is InChI=1S/C21H32N2O2/c1-16-5-3-8-21(13-16)25-15-18-6-4-7-20(14-18)22-19-9-11-23(12-10-19)17(2)24/h4,6-7,14,16,19,21-22H,3,5,8-13,15H2,1-2H3/t16-,21-/m0/s1. The lowest BCUT2D eigenvalue weighted by atomic mass is 9.89. The Hall–Kier alpha value is -1.55. The molecule has 4 nitrogen and oxygen atoms in total. The smallest absolute Gasteiger partial charge is 0.219 e. The molecule has 1 aliphatic heterocycles. The minimum atomic E-state index is 0.189. The van der Waals surface area contributed by atoms with E-state index in [-0.39, 0.29) is 5.91 Å². The number of piperidine rings is 1. The molecule has 1 saturated heterocycles. The van der Waals surface area contributed by atoms with Crippen LogP contribution in [0.2, 0.25) is 0 Å². The van der Waals surface area contributed by atoms with Crippen molar-refractivity contribution in [1.82, 2.24) is 4.90 Å². The number of carbonyl (C=O) groups excluding carboxylic acids is 1.